The number of rotatable bonds is 3. The molecular weight excluding hydrogens is 298 g/mol. The van der Waals surface area contributed by atoms with Crippen LogP contribution in [0.5, 0.6) is 11.5 Å². The first kappa shape index (κ1) is 13.5. The Bertz CT molecular complexity index is 652. The molecule has 98 valence electrons. The van der Waals surface area contributed by atoms with Gasteiger partial charge in [-0.2, -0.15) is 0 Å². The molecule has 0 spiro atoms. The predicted octanol–water partition coefficient (Wildman–Crippen LogP) is 4.23. The van der Waals surface area contributed by atoms with Crippen LogP contribution in [0.25, 0.3) is 0 Å². The number of benzene rings is 1. The number of non-ortho nitro benzene ring substituents is 1. The van der Waals surface area contributed by atoms with Crippen molar-refractivity contribution in [1.82, 2.24) is 4.98 Å². The van der Waals surface area contributed by atoms with Gasteiger partial charge in [0.2, 0.25) is 0 Å². The highest BCUT2D eigenvalue weighted by Gasteiger charge is 2.14. The number of nitro benzene ring substituents is 1. The molecule has 0 aliphatic carbocycles. The van der Waals surface area contributed by atoms with Gasteiger partial charge in [-0.05, 0) is 6.07 Å². The average molecular weight is 303 g/mol. The molecule has 0 N–H and O–H groups in total. The second-order valence-corrected chi connectivity index (χ2v) is 4.12. The zero-order valence-corrected chi connectivity index (χ0v) is 10.7. The molecular formula is C11H5Cl2FN2O3. The van der Waals surface area contributed by atoms with Crippen molar-refractivity contribution in [3.63, 3.8) is 0 Å². The van der Waals surface area contributed by atoms with Gasteiger partial charge in [0.15, 0.2) is 22.5 Å². The first-order valence-corrected chi connectivity index (χ1v) is 5.66. The molecule has 0 bridgehead atoms. The van der Waals surface area contributed by atoms with Crippen LogP contribution in [-0.4, -0.2) is 9.91 Å². The minimum absolute atomic E-state index is 0.0153. The van der Waals surface area contributed by atoms with Crippen LogP contribution < -0.4 is 4.74 Å². The normalized spacial score (nSPS) is 10.3. The van der Waals surface area contributed by atoms with E-state index in [0.717, 1.165) is 18.2 Å². The van der Waals surface area contributed by atoms with E-state index in [4.69, 9.17) is 27.9 Å². The Morgan fingerprint density at radius 2 is 2.00 bits per heavy atom. The smallest absolute Gasteiger partial charge is 0.272 e. The van der Waals surface area contributed by atoms with Gasteiger partial charge < -0.3 is 4.74 Å². The van der Waals surface area contributed by atoms with Gasteiger partial charge in [-0.15, -0.1) is 0 Å². The highest BCUT2D eigenvalue weighted by Crippen LogP contribution is 2.34. The van der Waals surface area contributed by atoms with Crippen molar-refractivity contribution >= 4 is 28.9 Å². The Hall–Kier alpha value is -1.92. The number of pyridine rings is 1. The number of nitro groups is 1. The molecule has 0 radical (unpaired) electrons. The van der Waals surface area contributed by atoms with Crippen molar-refractivity contribution in [1.29, 1.82) is 0 Å². The maximum atomic E-state index is 13.6. The van der Waals surface area contributed by atoms with Crippen LogP contribution >= 0.6 is 23.2 Å². The lowest BCUT2D eigenvalue weighted by Gasteiger charge is -2.08. The van der Waals surface area contributed by atoms with Gasteiger partial charge in [0.1, 0.15) is 5.02 Å². The largest absolute Gasteiger partial charge is 0.453 e. The van der Waals surface area contributed by atoms with Crippen molar-refractivity contribution in [3.05, 3.63) is 56.6 Å². The van der Waals surface area contributed by atoms with E-state index in [1.807, 2.05) is 0 Å². The van der Waals surface area contributed by atoms with Gasteiger partial charge in [0, 0.05) is 18.3 Å². The number of halogens is 3. The molecule has 1 heterocycles. The second-order valence-electron chi connectivity index (χ2n) is 3.39. The van der Waals surface area contributed by atoms with E-state index in [2.05, 4.69) is 4.98 Å². The highest BCUT2D eigenvalue weighted by molar-refractivity contribution is 6.42. The quantitative estimate of drug-likeness (QED) is 0.483. The lowest BCUT2D eigenvalue weighted by Crippen LogP contribution is -1.93. The topological polar surface area (TPSA) is 65.3 Å². The summed E-state index contributed by atoms with van der Waals surface area (Å²) >= 11 is 11.5. The third-order valence-corrected chi connectivity index (χ3v) is 2.91. The van der Waals surface area contributed by atoms with E-state index in [1.54, 1.807) is 0 Å². The average Bonchev–Trinajstić information content (AvgIpc) is 2.37. The highest BCUT2D eigenvalue weighted by atomic mass is 35.5. The number of aromatic nitrogens is 1. The molecule has 0 saturated carbocycles. The zero-order chi connectivity index (χ0) is 14.0. The van der Waals surface area contributed by atoms with E-state index < -0.39 is 10.7 Å². The summed E-state index contributed by atoms with van der Waals surface area (Å²) in [5.74, 6) is -0.970. The van der Waals surface area contributed by atoms with Crippen LogP contribution in [0, 0.1) is 15.9 Å². The summed E-state index contributed by atoms with van der Waals surface area (Å²) in [4.78, 5) is 13.5. The summed E-state index contributed by atoms with van der Waals surface area (Å²) in [5.41, 5.74) is -0.372. The van der Waals surface area contributed by atoms with Crippen LogP contribution in [0.2, 0.25) is 10.2 Å². The lowest BCUT2D eigenvalue weighted by molar-refractivity contribution is -0.385. The zero-order valence-electron chi connectivity index (χ0n) is 9.14. The first-order chi connectivity index (χ1) is 8.99. The third kappa shape index (κ3) is 2.91. The van der Waals surface area contributed by atoms with Crippen molar-refractivity contribution in [2.45, 2.75) is 0 Å². The van der Waals surface area contributed by atoms with E-state index in [-0.39, 0.29) is 27.4 Å². The Labute approximate surface area is 116 Å². The molecule has 5 nitrogen and oxygen atoms in total. The van der Waals surface area contributed by atoms with Crippen LogP contribution in [0.1, 0.15) is 0 Å². The molecule has 0 aliphatic heterocycles. The molecule has 0 amide bonds. The van der Waals surface area contributed by atoms with Crippen molar-refractivity contribution in [3.8, 4) is 11.5 Å². The Morgan fingerprint density at radius 1 is 1.26 bits per heavy atom. The molecule has 0 atom stereocenters. The van der Waals surface area contributed by atoms with E-state index in [1.165, 1.54) is 12.3 Å². The lowest BCUT2D eigenvalue weighted by atomic mass is 10.3. The summed E-state index contributed by atoms with van der Waals surface area (Å²) < 4.78 is 18.8. The van der Waals surface area contributed by atoms with E-state index >= 15 is 0 Å². The number of ether oxygens (including phenoxy) is 1. The second kappa shape index (κ2) is 5.38. The minimum atomic E-state index is -0.877. The Kier molecular flexibility index (Phi) is 3.82. The molecule has 1 aromatic carbocycles. The molecule has 2 rings (SSSR count). The van der Waals surface area contributed by atoms with Crippen LogP contribution in [-0.2, 0) is 0 Å². The predicted molar refractivity (Wildman–Crippen MR) is 67.4 cm³/mol. The number of hydrogen-bond donors (Lipinski definition) is 0. The van der Waals surface area contributed by atoms with Gasteiger partial charge in [0.25, 0.3) is 5.69 Å². The molecule has 8 heteroatoms. The fourth-order valence-corrected chi connectivity index (χ4v) is 1.59. The van der Waals surface area contributed by atoms with Crippen LogP contribution in [0.3, 0.4) is 0 Å². The molecule has 0 aliphatic rings. The number of nitrogens with zero attached hydrogens (tertiary/aromatic N) is 2. The van der Waals surface area contributed by atoms with Crippen molar-refractivity contribution in [2.75, 3.05) is 0 Å². The maximum Gasteiger partial charge on any atom is 0.272 e. The SMILES string of the molecule is O=[N+]([O-])c1ccc(Oc2ccnc(Cl)c2Cl)c(F)c1. The Morgan fingerprint density at radius 3 is 2.63 bits per heavy atom. The van der Waals surface area contributed by atoms with Gasteiger partial charge in [0.05, 0.1) is 11.0 Å². The van der Waals surface area contributed by atoms with E-state index in [0.29, 0.717) is 0 Å². The maximum absolute atomic E-state index is 13.6. The molecule has 0 fully saturated rings. The van der Waals surface area contributed by atoms with Gasteiger partial charge in [-0.25, -0.2) is 9.37 Å². The van der Waals surface area contributed by atoms with Crippen LogP contribution in [0.15, 0.2) is 30.5 Å². The van der Waals surface area contributed by atoms with E-state index in [9.17, 15) is 14.5 Å². The van der Waals surface area contributed by atoms with Crippen molar-refractivity contribution < 1.29 is 14.1 Å². The fraction of sp³-hybridized carbons (Fsp3) is 0. The number of hydrogen-bond acceptors (Lipinski definition) is 4. The molecule has 0 unspecified atom stereocenters. The molecule has 0 saturated heterocycles. The third-order valence-electron chi connectivity index (χ3n) is 2.16. The Balaban J connectivity index is 2.34. The minimum Gasteiger partial charge on any atom is -0.453 e. The van der Waals surface area contributed by atoms with Gasteiger partial charge in [-0.1, -0.05) is 23.2 Å². The van der Waals surface area contributed by atoms with Crippen LogP contribution in [0.4, 0.5) is 10.1 Å². The summed E-state index contributed by atoms with van der Waals surface area (Å²) in [6.45, 7) is 0. The first-order valence-electron chi connectivity index (χ1n) is 4.91. The van der Waals surface area contributed by atoms with Gasteiger partial charge in [-0.3, -0.25) is 10.1 Å². The summed E-state index contributed by atoms with van der Waals surface area (Å²) in [7, 11) is 0. The monoisotopic (exact) mass is 302 g/mol. The molecule has 19 heavy (non-hydrogen) atoms. The molecule has 1 aromatic heterocycles. The summed E-state index contributed by atoms with van der Waals surface area (Å²) in [5, 5.41) is 10.5. The molecule has 2 aromatic rings. The summed E-state index contributed by atoms with van der Waals surface area (Å²) in [6, 6.07) is 4.41. The van der Waals surface area contributed by atoms with Gasteiger partial charge >= 0.3 is 0 Å². The van der Waals surface area contributed by atoms with Crippen molar-refractivity contribution in [2.24, 2.45) is 0 Å². The fourth-order valence-electron chi connectivity index (χ4n) is 1.29. The standard InChI is InChI=1S/C11H5Cl2FN2O3/c12-10-9(3-4-15-11(10)13)19-8-2-1-6(16(17)18)5-7(8)14/h1-5H. The summed E-state index contributed by atoms with van der Waals surface area (Å²) in [6.07, 6.45) is 1.34.